The zero-order valence-corrected chi connectivity index (χ0v) is 12.3. The summed E-state index contributed by atoms with van der Waals surface area (Å²) < 4.78 is 32.8. The molecule has 3 rings (SSSR count). The average Bonchev–Trinajstić information content (AvgIpc) is 2.47. The van der Waals surface area contributed by atoms with E-state index in [1.54, 1.807) is 4.31 Å². The highest BCUT2D eigenvalue weighted by molar-refractivity contribution is 7.89. The fourth-order valence-corrected chi connectivity index (χ4v) is 4.63. The van der Waals surface area contributed by atoms with Crippen molar-refractivity contribution in [2.24, 2.45) is 0 Å². The number of aryl methyl sites for hydroxylation is 1. The number of benzene rings is 1. The van der Waals surface area contributed by atoms with Gasteiger partial charge in [-0.05, 0) is 43.4 Å². The Bertz CT molecular complexity index is 607. The molecule has 1 aromatic carbocycles. The van der Waals surface area contributed by atoms with Gasteiger partial charge in [0.2, 0.25) is 10.0 Å². The van der Waals surface area contributed by atoms with E-state index in [1.165, 1.54) is 6.07 Å². The first-order valence-electron chi connectivity index (χ1n) is 7.14. The largest absolute Gasteiger partial charge is 0.492 e. The Labute approximate surface area is 119 Å². The molecule has 0 bridgehead atoms. The molecule has 0 spiro atoms. The maximum Gasteiger partial charge on any atom is 0.246 e. The van der Waals surface area contributed by atoms with Crippen molar-refractivity contribution in [2.45, 2.75) is 37.0 Å². The van der Waals surface area contributed by atoms with Gasteiger partial charge >= 0.3 is 0 Å². The predicted molar refractivity (Wildman–Crippen MR) is 77.3 cm³/mol. The summed E-state index contributed by atoms with van der Waals surface area (Å²) in [5.74, 6) is 0.510. The molecular weight excluding hydrogens is 276 g/mol. The Hall–Kier alpha value is -1.27. The third-order valence-electron chi connectivity index (χ3n) is 3.92. The van der Waals surface area contributed by atoms with Crippen LogP contribution in [-0.4, -0.2) is 32.4 Å². The number of rotatable bonds is 2. The van der Waals surface area contributed by atoms with Crippen LogP contribution in [0.2, 0.25) is 0 Å². The highest BCUT2D eigenvalue weighted by Gasteiger charge is 2.31. The first-order valence-corrected chi connectivity index (χ1v) is 8.58. The van der Waals surface area contributed by atoms with E-state index in [9.17, 15) is 8.42 Å². The normalized spacial score (nSPS) is 20.2. The summed E-state index contributed by atoms with van der Waals surface area (Å²) in [4.78, 5) is 0.245. The molecule has 0 unspecified atom stereocenters. The zero-order valence-electron chi connectivity index (χ0n) is 11.5. The lowest BCUT2D eigenvalue weighted by atomic mass is 10.1. The van der Waals surface area contributed by atoms with E-state index in [0.29, 0.717) is 31.1 Å². The van der Waals surface area contributed by atoms with Crippen molar-refractivity contribution < 1.29 is 13.2 Å². The number of nitrogen functional groups attached to an aromatic ring is 1. The van der Waals surface area contributed by atoms with Gasteiger partial charge in [0.1, 0.15) is 10.6 Å². The molecule has 2 aliphatic heterocycles. The van der Waals surface area contributed by atoms with Crippen LogP contribution >= 0.6 is 0 Å². The van der Waals surface area contributed by atoms with Crippen LogP contribution in [0.15, 0.2) is 17.0 Å². The monoisotopic (exact) mass is 296 g/mol. The molecule has 0 radical (unpaired) electrons. The molecule has 0 aliphatic carbocycles. The van der Waals surface area contributed by atoms with Crippen molar-refractivity contribution in [3.8, 4) is 5.75 Å². The highest BCUT2D eigenvalue weighted by Crippen LogP contribution is 2.36. The second-order valence-corrected chi connectivity index (χ2v) is 7.33. The van der Waals surface area contributed by atoms with Crippen LogP contribution in [-0.2, 0) is 16.4 Å². The minimum absolute atomic E-state index is 0.245. The first-order chi connectivity index (χ1) is 9.59. The molecule has 6 heteroatoms. The van der Waals surface area contributed by atoms with E-state index in [-0.39, 0.29) is 4.90 Å². The van der Waals surface area contributed by atoms with Gasteiger partial charge in [0.15, 0.2) is 0 Å². The quantitative estimate of drug-likeness (QED) is 0.844. The average molecular weight is 296 g/mol. The number of nitrogens with two attached hydrogens (primary N) is 1. The van der Waals surface area contributed by atoms with Gasteiger partial charge < -0.3 is 10.5 Å². The molecule has 0 atom stereocenters. The van der Waals surface area contributed by atoms with Gasteiger partial charge in [-0.1, -0.05) is 6.42 Å². The second-order valence-electron chi connectivity index (χ2n) is 5.42. The van der Waals surface area contributed by atoms with Crippen LogP contribution in [0.3, 0.4) is 0 Å². The van der Waals surface area contributed by atoms with Crippen molar-refractivity contribution in [1.29, 1.82) is 0 Å². The summed E-state index contributed by atoms with van der Waals surface area (Å²) in [6, 6.07) is 3.36. The summed E-state index contributed by atoms with van der Waals surface area (Å²) in [5.41, 5.74) is 7.27. The lowest BCUT2D eigenvalue weighted by Gasteiger charge is -2.28. The van der Waals surface area contributed by atoms with Crippen molar-refractivity contribution in [3.63, 3.8) is 0 Å². The van der Waals surface area contributed by atoms with E-state index in [4.69, 9.17) is 10.5 Å². The summed E-state index contributed by atoms with van der Waals surface area (Å²) in [5, 5.41) is 0. The van der Waals surface area contributed by atoms with E-state index in [0.717, 1.165) is 37.7 Å². The van der Waals surface area contributed by atoms with Gasteiger partial charge in [0.05, 0.1) is 6.61 Å². The van der Waals surface area contributed by atoms with E-state index < -0.39 is 10.0 Å². The Balaban J connectivity index is 2.06. The molecule has 1 saturated heterocycles. The van der Waals surface area contributed by atoms with Gasteiger partial charge in [0, 0.05) is 18.8 Å². The van der Waals surface area contributed by atoms with Crippen LogP contribution in [0.25, 0.3) is 0 Å². The molecular formula is C14H20N2O3S. The smallest absolute Gasteiger partial charge is 0.246 e. The number of ether oxygens (including phenoxy) is 1. The summed E-state index contributed by atoms with van der Waals surface area (Å²) in [6.45, 7) is 1.75. The summed E-state index contributed by atoms with van der Waals surface area (Å²) in [6.07, 6.45) is 4.66. The molecule has 110 valence electrons. The fraction of sp³-hybridized carbons (Fsp3) is 0.571. The van der Waals surface area contributed by atoms with Crippen molar-refractivity contribution >= 4 is 15.7 Å². The molecule has 2 heterocycles. The predicted octanol–water partition coefficient (Wildman–Crippen LogP) is 1.77. The van der Waals surface area contributed by atoms with E-state index >= 15 is 0 Å². The molecule has 0 aromatic heterocycles. The fourth-order valence-electron chi connectivity index (χ4n) is 2.91. The lowest BCUT2D eigenvalue weighted by Crippen LogP contribution is -2.36. The SMILES string of the molecule is Nc1cc2c(c(S(=O)(=O)N3CCCCC3)c1)OCCC2. The molecule has 1 aromatic rings. The summed E-state index contributed by atoms with van der Waals surface area (Å²) in [7, 11) is -3.50. The maximum atomic E-state index is 12.8. The molecule has 0 amide bonds. The highest BCUT2D eigenvalue weighted by atomic mass is 32.2. The van der Waals surface area contributed by atoms with Crippen molar-refractivity contribution in [1.82, 2.24) is 4.31 Å². The van der Waals surface area contributed by atoms with Crippen molar-refractivity contribution in [2.75, 3.05) is 25.4 Å². The third-order valence-corrected chi connectivity index (χ3v) is 5.83. The van der Waals surface area contributed by atoms with Crippen LogP contribution in [0.4, 0.5) is 5.69 Å². The molecule has 1 fully saturated rings. The summed E-state index contributed by atoms with van der Waals surface area (Å²) >= 11 is 0. The number of piperidine rings is 1. The van der Waals surface area contributed by atoms with Crippen LogP contribution < -0.4 is 10.5 Å². The third kappa shape index (κ3) is 2.38. The Morgan fingerprint density at radius 1 is 1.10 bits per heavy atom. The minimum Gasteiger partial charge on any atom is -0.492 e. The second kappa shape index (κ2) is 5.26. The van der Waals surface area contributed by atoms with Gasteiger partial charge in [-0.3, -0.25) is 0 Å². The van der Waals surface area contributed by atoms with E-state index in [2.05, 4.69) is 0 Å². The van der Waals surface area contributed by atoms with Crippen LogP contribution in [0.5, 0.6) is 5.75 Å². The van der Waals surface area contributed by atoms with Gasteiger partial charge in [0.25, 0.3) is 0 Å². The number of hydrogen-bond acceptors (Lipinski definition) is 4. The molecule has 2 aliphatic rings. The zero-order chi connectivity index (χ0) is 14.2. The van der Waals surface area contributed by atoms with Crippen molar-refractivity contribution in [3.05, 3.63) is 17.7 Å². The number of fused-ring (bicyclic) bond motifs is 1. The molecule has 0 saturated carbocycles. The number of anilines is 1. The number of sulfonamides is 1. The van der Waals surface area contributed by atoms with Crippen LogP contribution in [0.1, 0.15) is 31.2 Å². The Morgan fingerprint density at radius 2 is 1.85 bits per heavy atom. The molecule has 5 nitrogen and oxygen atoms in total. The molecule has 2 N–H and O–H groups in total. The standard InChI is InChI=1S/C14H20N2O3S/c15-12-9-11-5-4-8-19-14(11)13(10-12)20(17,18)16-6-2-1-3-7-16/h9-10H,1-8,15H2. The van der Waals surface area contributed by atoms with E-state index in [1.807, 2.05) is 6.07 Å². The van der Waals surface area contributed by atoms with Gasteiger partial charge in [-0.2, -0.15) is 4.31 Å². The Morgan fingerprint density at radius 3 is 2.60 bits per heavy atom. The lowest BCUT2D eigenvalue weighted by molar-refractivity contribution is 0.278. The Kier molecular flexibility index (Phi) is 3.60. The number of hydrogen-bond donors (Lipinski definition) is 1. The van der Waals surface area contributed by atoms with Crippen LogP contribution in [0, 0.1) is 0 Å². The number of nitrogens with zero attached hydrogens (tertiary/aromatic N) is 1. The first kappa shape index (κ1) is 13.7. The minimum atomic E-state index is -3.50. The van der Waals surface area contributed by atoms with Gasteiger partial charge in [-0.25, -0.2) is 8.42 Å². The maximum absolute atomic E-state index is 12.8. The topological polar surface area (TPSA) is 72.6 Å². The van der Waals surface area contributed by atoms with Gasteiger partial charge in [-0.15, -0.1) is 0 Å². The molecule has 20 heavy (non-hydrogen) atoms.